The van der Waals surface area contributed by atoms with Gasteiger partial charge in [0.25, 0.3) is 5.91 Å². The summed E-state index contributed by atoms with van der Waals surface area (Å²) in [7, 11) is 0. The first-order valence-corrected chi connectivity index (χ1v) is 7.23. The van der Waals surface area contributed by atoms with Gasteiger partial charge in [-0.3, -0.25) is 9.78 Å². The van der Waals surface area contributed by atoms with E-state index < -0.39 is 0 Å². The number of aromatic nitrogens is 1. The van der Waals surface area contributed by atoms with Gasteiger partial charge in [0.2, 0.25) is 0 Å². The highest BCUT2D eigenvalue weighted by molar-refractivity contribution is 5.98. The molecule has 0 spiro atoms. The van der Waals surface area contributed by atoms with Crippen LogP contribution >= 0.6 is 0 Å². The maximum Gasteiger partial charge on any atom is 0.257 e. The highest BCUT2D eigenvalue weighted by Gasteiger charge is 2.21. The second kappa shape index (κ2) is 5.56. The van der Waals surface area contributed by atoms with Gasteiger partial charge in [-0.15, -0.1) is 0 Å². The van der Waals surface area contributed by atoms with Gasteiger partial charge >= 0.3 is 0 Å². The standard InChI is InChI=1S/C17H19N3O/c1-12-9-16(18)15(10-19-12)17(21)20-8-4-7-13-5-2-3-6-14(13)11-20/h2-3,5-6,9-10H,4,7-8,11H2,1H3,(H2,18,19). The van der Waals surface area contributed by atoms with Crippen molar-refractivity contribution in [3.63, 3.8) is 0 Å². The quantitative estimate of drug-likeness (QED) is 0.874. The number of fused-ring (bicyclic) bond motifs is 1. The number of carbonyl (C=O) groups excluding carboxylic acids is 1. The number of hydrogen-bond acceptors (Lipinski definition) is 3. The molecule has 0 unspecified atom stereocenters. The molecule has 0 aliphatic carbocycles. The third-order valence-electron chi connectivity index (χ3n) is 3.94. The molecule has 1 amide bonds. The Labute approximate surface area is 124 Å². The van der Waals surface area contributed by atoms with Crippen LogP contribution in [0.3, 0.4) is 0 Å². The predicted molar refractivity (Wildman–Crippen MR) is 82.9 cm³/mol. The molecule has 1 aromatic heterocycles. The largest absolute Gasteiger partial charge is 0.398 e. The Morgan fingerprint density at radius 1 is 1.29 bits per heavy atom. The van der Waals surface area contributed by atoms with Gasteiger partial charge in [0.05, 0.1) is 5.56 Å². The monoisotopic (exact) mass is 281 g/mol. The Kier molecular flexibility index (Phi) is 3.60. The van der Waals surface area contributed by atoms with Crippen LogP contribution in [-0.2, 0) is 13.0 Å². The summed E-state index contributed by atoms with van der Waals surface area (Å²) >= 11 is 0. The van der Waals surface area contributed by atoms with Crippen molar-refractivity contribution in [2.45, 2.75) is 26.3 Å². The molecule has 0 saturated heterocycles. The molecule has 1 aliphatic heterocycles. The predicted octanol–water partition coefficient (Wildman–Crippen LogP) is 2.56. The minimum atomic E-state index is -0.0308. The Morgan fingerprint density at radius 3 is 2.81 bits per heavy atom. The Bertz CT molecular complexity index is 681. The van der Waals surface area contributed by atoms with Gasteiger partial charge in [-0.2, -0.15) is 0 Å². The van der Waals surface area contributed by atoms with Crippen LogP contribution in [0.1, 0.15) is 33.6 Å². The van der Waals surface area contributed by atoms with E-state index in [2.05, 4.69) is 23.2 Å². The van der Waals surface area contributed by atoms with Crippen LogP contribution in [0.5, 0.6) is 0 Å². The van der Waals surface area contributed by atoms with Crippen LogP contribution < -0.4 is 5.73 Å². The van der Waals surface area contributed by atoms with E-state index in [0.717, 1.165) is 25.1 Å². The number of nitrogen functional groups attached to an aromatic ring is 1. The number of rotatable bonds is 1. The van der Waals surface area contributed by atoms with E-state index in [1.54, 1.807) is 12.3 Å². The number of pyridine rings is 1. The minimum absolute atomic E-state index is 0.0308. The average molecular weight is 281 g/mol. The summed E-state index contributed by atoms with van der Waals surface area (Å²) < 4.78 is 0. The lowest BCUT2D eigenvalue weighted by molar-refractivity contribution is 0.0746. The number of aryl methyl sites for hydroxylation is 2. The van der Waals surface area contributed by atoms with E-state index >= 15 is 0 Å². The van der Waals surface area contributed by atoms with E-state index in [9.17, 15) is 4.79 Å². The van der Waals surface area contributed by atoms with E-state index in [4.69, 9.17) is 5.73 Å². The number of carbonyl (C=O) groups is 1. The lowest BCUT2D eigenvalue weighted by atomic mass is 10.0. The molecule has 2 N–H and O–H groups in total. The molecule has 21 heavy (non-hydrogen) atoms. The number of benzene rings is 1. The van der Waals surface area contributed by atoms with Crippen molar-refractivity contribution in [2.75, 3.05) is 12.3 Å². The zero-order valence-corrected chi connectivity index (χ0v) is 12.2. The molecule has 108 valence electrons. The zero-order valence-electron chi connectivity index (χ0n) is 12.2. The van der Waals surface area contributed by atoms with Crippen LogP contribution in [0.15, 0.2) is 36.5 Å². The maximum atomic E-state index is 12.7. The topological polar surface area (TPSA) is 59.2 Å². The van der Waals surface area contributed by atoms with Crippen molar-refractivity contribution in [3.8, 4) is 0 Å². The molecule has 0 atom stereocenters. The van der Waals surface area contributed by atoms with Gasteiger partial charge in [0, 0.05) is 30.7 Å². The Morgan fingerprint density at radius 2 is 2.05 bits per heavy atom. The molecule has 0 bridgehead atoms. The Balaban J connectivity index is 1.88. The van der Waals surface area contributed by atoms with Crippen molar-refractivity contribution in [2.24, 2.45) is 0 Å². The summed E-state index contributed by atoms with van der Waals surface area (Å²) in [5.74, 6) is -0.0308. The van der Waals surface area contributed by atoms with Gasteiger partial charge in [-0.05, 0) is 37.0 Å². The molecule has 0 radical (unpaired) electrons. The molecule has 2 aromatic rings. The summed E-state index contributed by atoms with van der Waals surface area (Å²) in [6, 6.07) is 10.1. The minimum Gasteiger partial charge on any atom is -0.398 e. The fourth-order valence-electron chi connectivity index (χ4n) is 2.80. The van der Waals surface area contributed by atoms with Crippen LogP contribution in [0.4, 0.5) is 5.69 Å². The maximum absolute atomic E-state index is 12.7. The fourth-order valence-corrected chi connectivity index (χ4v) is 2.80. The second-order valence-electron chi connectivity index (χ2n) is 5.51. The van der Waals surface area contributed by atoms with Gasteiger partial charge in [-0.1, -0.05) is 24.3 Å². The van der Waals surface area contributed by atoms with Gasteiger partial charge in [-0.25, -0.2) is 0 Å². The molecular weight excluding hydrogens is 262 g/mol. The van der Waals surface area contributed by atoms with Gasteiger partial charge in [0.1, 0.15) is 0 Å². The Hall–Kier alpha value is -2.36. The number of hydrogen-bond donors (Lipinski definition) is 1. The van der Waals surface area contributed by atoms with Crippen molar-refractivity contribution < 1.29 is 4.79 Å². The van der Waals surface area contributed by atoms with Crippen LogP contribution in [0.25, 0.3) is 0 Å². The SMILES string of the molecule is Cc1cc(N)c(C(=O)N2CCCc3ccccc3C2)cn1. The molecule has 1 aliphatic rings. The highest BCUT2D eigenvalue weighted by Crippen LogP contribution is 2.21. The van der Waals surface area contributed by atoms with E-state index in [1.807, 2.05) is 17.9 Å². The number of anilines is 1. The fraction of sp³-hybridized carbons (Fsp3) is 0.294. The highest BCUT2D eigenvalue weighted by atomic mass is 16.2. The lowest BCUT2D eigenvalue weighted by Crippen LogP contribution is -2.31. The molecule has 3 rings (SSSR count). The molecule has 4 nitrogen and oxygen atoms in total. The third-order valence-corrected chi connectivity index (χ3v) is 3.94. The van der Waals surface area contributed by atoms with Crippen molar-refractivity contribution in [1.82, 2.24) is 9.88 Å². The molecule has 4 heteroatoms. The molecule has 0 fully saturated rings. The summed E-state index contributed by atoms with van der Waals surface area (Å²) in [5, 5.41) is 0. The summed E-state index contributed by atoms with van der Waals surface area (Å²) in [6.07, 6.45) is 3.58. The lowest BCUT2D eigenvalue weighted by Gasteiger charge is -2.21. The summed E-state index contributed by atoms with van der Waals surface area (Å²) in [4.78, 5) is 18.8. The smallest absolute Gasteiger partial charge is 0.257 e. The molecular formula is C17H19N3O. The van der Waals surface area contributed by atoms with Gasteiger partial charge < -0.3 is 10.6 Å². The molecule has 1 aromatic carbocycles. The zero-order chi connectivity index (χ0) is 14.8. The third kappa shape index (κ3) is 2.75. The first-order valence-electron chi connectivity index (χ1n) is 7.23. The summed E-state index contributed by atoms with van der Waals surface area (Å²) in [5.41, 5.74) is 10.4. The van der Waals surface area contributed by atoms with E-state index in [1.165, 1.54) is 11.1 Å². The van der Waals surface area contributed by atoms with E-state index in [0.29, 0.717) is 17.8 Å². The van der Waals surface area contributed by atoms with Crippen LogP contribution in [0, 0.1) is 6.92 Å². The summed E-state index contributed by atoms with van der Waals surface area (Å²) in [6.45, 7) is 3.26. The number of amides is 1. The first-order chi connectivity index (χ1) is 10.1. The van der Waals surface area contributed by atoms with Crippen molar-refractivity contribution >= 4 is 11.6 Å². The van der Waals surface area contributed by atoms with E-state index in [-0.39, 0.29) is 5.91 Å². The second-order valence-corrected chi connectivity index (χ2v) is 5.51. The first kappa shape index (κ1) is 13.6. The molecule has 2 heterocycles. The number of nitrogens with two attached hydrogens (primary N) is 1. The van der Waals surface area contributed by atoms with Crippen molar-refractivity contribution in [1.29, 1.82) is 0 Å². The normalized spacial score (nSPS) is 14.4. The molecule has 0 saturated carbocycles. The number of nitrogens with zero attached hydrogens (tertiary/aromatic N) is 2. The van der Waals surface area contributed by atoms with Crippen LogP contribution in [0.2, 0.25) is 0 Å². The van der Waals surface area contributed by atoms with Crippen molar-refractivity contribution in [3.05, 3.63) is 58.9 Å². The van der Waals surface area contributed by atoms with Crippen LogP contribution in [-0.4, -0.2) is 22.3 Å². The average Bonchev–Trinajstić information content (AvgIpc) is 2.68. The van der Waals surface area contributed by atoms with Gasteiger partial charge in [0.15, 0.2) is 0 Å².